The standard InChI is InChI=1S/C34H27NO5/c36-19-17-35(18-20-37)30-16-14-22(24-7-1-2-8-25(24)30)13-15-23-21-29(26-9-5-6-12-31(26)40-23)32-33(38)27-10-3-4-11-28(27)34(32)39/h1-16,21,36-37H,17-20H2. The van der Waals surface area contributed by atoms with E-state index >= 15 is 0 Å². The van der Waals surface area contributed by atoms with Crippen LogP contribution in [-0.4, -0.2) is 48.1 Å². The second-order valence-corrected chi connectivity index (χ2v) is 9.62. The smallest absolute Gasteiger partial charge is 0.198 e. The van der Waals surface area contributed by atoms with Crippen molar-refractivity contribution in [3.63, 3.8) is 0 Å². The van der Waals surface area contributed by atoms with Crippen molar-refractivity contribution in [2.75, 3.05) is 31.2 Å². The predicted molar refractivity (Wildman–Crippen MR) is 157 cm³/mol. The van der Waals surface area contributed by atoms with E-state index in [4.69, 9.17) is 4.74 Å². The minimum atomic E-state index is -0.274. The van der Waals surface area contributed by atoms with Gasteiger partial charge >= 0.3 is 0 Å². The van der Waals surface area contributed by atoms with Gasteiger partial charge in [0.15, 0.2) is 11.6 Å². The van der Waals surface area contributed by atoms with E-state index in [1.165, 1.54) is 0 Å². The van der Waals surface area contributed by atoms with E-state index in [9.17, 15) is 19.8 Å². The summed E-state index contributed by atoms with van der Waals surface area (Å²) in [5.74, 6) is 0.535. The molecule has 40 heavy (non-hydrogen) atoms. The van der Waals surface area contributed by atoms with Crippen LogP contribution in [0.15, 0.2) is 108 Å². The molecular weight excluding hydrogens is 502 g/mol. The number of para-hydroxylation sites is 1. The molecule has 6 heteroatoms. The number of ether oxygens (including phenoxy) is 1. The summed E-state index contributed by atoms with van der Waals surface area (Å²) in [7, 11) is 0. The van der Waals surface area contributed by atoms with E-state index in [-0.39, 0.29) is 30.4 Å². The maximum atomic E-state index is 13.3. The molecule has 0 spiro atoms. The Hall–Kier alpha value is -4.78. The summed E-state index contributed by atoms with van der Waals surface area (Å²) in [5, 5.41) is 21.1. The van der Waals surface area contributed by atoms with Crippen LogP contribution < -0.4 is 9.64 Å². The molecule has 0 saturated heterocycles. The minimum absolute atomic E-state index is 0.0170. The molecule has 1 aliphatic carbocycles. The van der Waals surface area contributed by atoms with Crippen LogP contribution in [0.25, 0.3) is 22.4 Å². The Morgan fingerprint density at radius 3 is 1.95 bits per heavy atom. The van der Waals surface area contributed by atoms with Crippen LogP contribution in [0.1, 0.15) is 31.8 Å². The lowest BCUT2D eigenvalue weighted by molar-refractivity contribution is 0.0990. The van der Waals surface area contributed by atoms with E-state index in [0.29, 0.717) is 46.9 Å². The largest absolute Gasteiger partial charge is 0.457 e. The Morgan fingerprint density at radius 2 is 1.27 bits per heavy atom. The molecular formula is C34H27NO5. The van der Waals surface area contributed by atoms with Crippen LogP contribution in [0.4, 0.5) is 5.69 Å². The van der Waals surface area contributed by atoms with Gasteiger partial charge in [0, 0.05) is 46.4 Å². The van der Waals surface area contributed by atoms with Gasteiger partial charge in [-0.15, -0.1) is 0 Å². The quantitative estimate of drug-likeness (QED) is 0.245. The molecule has 0 bridgehead atoms. The van der Waals surface area contributed by atoms with Gasteiger partial charge in [-0.1, -0.05) is 78.9 Å². The lowest BCUT2D eigenvalue weighted by atomic mass is 9.93. The molecule has 198 valence electrons. The van der Waals surface area contributed by atoms with Crippen molar-refractivity contribution in [2.24, 2.45) is 0 Å². The van der Waals surface area contributed by atoms with E-state index < -0.39 is 0 Å². The first-order valence-electron chi connectivity index (χ1n) is 13.2. The second kappa shape index (κ2) is 10.8. The van der Waals surface area contributed by atoms with Gasteiger partial charge in [0.05, 0.1) is 18.8 Å². The summed E-state index contributed by atoms with van der Waals surface area (Å²) in [6.45, 7) is 0.797. The summed E-state index contributed by atoms with van der Waals surface area (Å²) in [5.41, 5.74) is 4.14. The molecule has 0 radical (unpaired) electrons. The highest BCUT2D eigenvalue weighted by Gasteiger charge is 2.36. The summed E-state index contributed by atoms with van der Waals surface area (Å²) in [6, 6.07) is 26.3. The zero-order chi connectivity index (χ0) is 27.6. The first-order valence-corrected chi connectivity index (χ1v) is 13.2. The van der Waals surface area contributed by atoms with Gasteiger partial charge in [-0.05, 0) is 35.2 Å². The Labute approximate surface area is 231 Å². The normalized spacial score (nSPS) is 14.4. The fourth-order valence-electron chi connectivity index (χ4n) is 5.43. The third-order valence-electron chi connectivity index (χ3n) is 7.27. The zero-order valence-corrected chi connectivity index (χ0v) is 21.7. The van der Waals surface area contributed by atoms with E-state index in [1.807, 2.05) is 77.7 Å². The molecule has 1 aliphatic heterocycles. The number of hydrogen-bond acceptors (Lipinski definition) is 6. The molecule has 4 aromatic carbocycles. The highest BCUT2D eigenvalue weighted by molar-refractivity contribution is 6.43. The Kier molecular flexibility index (Phi) is 6.86. The van der Waals surface area contributed by atoms with Crippen LogP contribution in [0.3, 0.4) is 0 Å². The van der Waals surface area contributed by atoms with Crippen LogP contribution in [0.2, 0.25) is 0 Å². The molecule has 0 fully saturated rings. The molecule has 1 heterocycles. The first kappa shape index (κ1) is 25.5. The van der Waals surface area contributed by atoms with Gasteiger partial charge in [0.25, 0.3) is 0 Å². The van der Waals surface area contributed by atoms with Gasteiger partial charge in [0.2, 0.25) is 0 Å². The monoisotopic (exact) mass is 529 g/mol. The molecule has 0 unspecified atom stereocenters. The average molecular weight is 530 g/mol. The lowest BCUT2D eigenvalue weighted by Crippen LogP contribution is -2.29. The number of aliphatic hydroxyl groups is 2. The van der Waals surface area contributed by atoms with Crippen molar-refractivity contribution in [3.05, 3.63) is 131 Å². The number of rotatable bonds is 7. The summed E-state index contributed by atoms with van der Waals surface area (Å²) in [4.78, 5) is 28.6. The summed E-state index contributed by atoms with van der Waals surface area (Å²) in [6.07, 6.45) is 5.55. The number of nitrogens with zero attached hydrogens (tertiary/aromatic N) is 1. The topological polar surface area (TPSA) is 87.1 Å². The number of carbonyl (C=O) groups is 2. The van der Waals surface area contributed by atoms with Gasteiger partial charge in [-0.25, -0.2) is 0 Å². The molecule has 2 N–H and O–H groups in total. The van der Waals surface area contributed by atoms with Crippen molar-refractivity contribution in [1.82, 2.24) is 0 Å². The molecule has 0 amide bonds. The van der Waals surface area contributed by atoms with Crippen molar-refractivity contribution in [2.45, 2.75) is 0 Å². The van der Waals surface area contributed by atoms with Crippen molar-refractivity contribution in [3.8, 4) is 5.75 Å². The van der Waals surface area contributed by atoms with E-state index in [2.05, 4.69) is 0 Å². The molecule has 0 atom stereocenters. The van der Waals surface area contributed by atoms with Crippen LogP contribution in [-0.2, 0) is 0 Å². The molecule has 6 rings (SSSR count). The maximum absolute atomic E-state index is 13.3. The van der Waals surface area contributed by atoms with E-state index in [0.717, 1.165) is 22.0 Å². The molecule has 6 nitrogen and oxygen atoms in total. The number of fused-ring (bicyclic) bond motifs is 3. The van der Waals surface area contributed by atoms with Crippen LogP contribution in [0.5, 0.6) is 5.75 Å². The Bertz CT molecular complexity index is 1700. The Morgan fingerprint density at radius 1 is 0.675 bits per heavy atom. The second-order valence-electron chi connectivity index (χ2n) is 9.62. The molecule has 0 aromatic heterocycles. The molecule has 2 aliphatic rings. The van der Waals surface area contributed by atoms with Crippen LogP contribution in [0, 0.1) is 0 Å². The first-order chi connectivity index (χ1) is 19.6. The van der Waals surface area contributed by atoms with Gasteiger partial charge < -0.3 is 19.8 Å². The number of Topliss-reactive ketones (excluding diaryl/α,β-unsaturated/α-hetero) is 2. The number of carbonyl (C=O) groups excluding carboxylic acids is 2. The number of hydrogen-bond donors (Lipinski definition) is 2. The number of ketones is 2. The van der Waals surface area contributed by atoms with Gasteiger partial charge in [0.1, 0.15) is 11.5 Å². The molecule has 0 saturated carbocycles. The maximum Gasteiger partial charge on any atom is 0.198 e. The molecule has 4 aromatic rings. The highest BCUT2D eigenvalue weighted by Crippen LogP contribution is 2.40. The van der Waals surface area contributed by atoms with Crippen molar-refractivity contribution >= 4 is 39.7 Å². The third kappa shape index (κ3) is 4.43. The van der Waals surface area contributed by atoms with Crippen LogP contribution >= 0.6 is 0 Å². The average Bonchev–Trinajstić information content (AvgIpc) is 3.24. The van der Waals surface area contributed by atoms with Crippen molar-refractivity contribution < 1.29 is 24.5 Å². The number of allylic oxidation sites excluding steroid dienone is 4. The number of benzene rings is 4. The fourth-order valence-corrected chi connectivity index (χ4v) is 5.43. The zero-order valence-electron chi connectivity index (χ0n) is 21.7. The van der Waals surface area contributed by atoms with E-state index in [1.54, 1.807) is 30.3 Å². The SMILES string of the molecule is O=C1C(=C2C=C(C=Cc3ccc(N(CCO)CCO)c4ccccc34)Oc3ccccc32)C(=O)c2ccccc21. The van der Waals surface area contributed by atoms with Gasteiger partial charge in [-0.3, -0.25) is 9.59 Å². The summed E-state index contributed by atoms with van der Waals surface area (Å²) < 4.78 is 6.18. The number of anilines is 1. The highest BCUT2D eigenvalue weighted by atomic mass is 16.5. The number of aliphatic hydroxyl groups excluding tert-OH is 2. The summed E-state index contributed by atoms with van der Waals surface area (Å²) >= 11 is 0. The minimum Gasteiger partial charge on any atom is -0.457 e. The third-order valence-corrected chi connectivity index (χ3v) is 7.27. The lowest BCUT2D eigenvalue weighted by Gasteiger charge is -2.25. The fraction of sp³-hybridized carbons (Fsp3) is 0.118. The Balaban J connectivity index is 1.42. The van der Waals surface area contributed by atoms with Gasteiger partial charge in [-0.2, -0.15) is 0 Å². The van der Waals surface area contributed by atoms with Crippen molar-refractivity contribution in [1.29, 1.82) is 0 Å². The predicted octanol–water partition coefficient (Wildman–Crippen LogP) is 5.45.